The maximum Gasteiger partial charge on any atom is 0.303 e. The second-order valence-electron chi connectivity index (χ2n) is 12.5. The van der Waals surface area contributed by atoms with Crippen molar-refractivity contribution in [3.05, 3.63) is 65.8 Å². The molecular weight excluding hydrogens is 592 g/mol. The molecule has 6 rings (SSSR count). The minimum Gasteiger partial charge on any atom is -0.502 e. The highest BCUT2D eigenvalue weighted by atomic mass is 16.5. The molecule has 4 aliphatic rings. The zero-order valence-electron chi connectivity index (χ0n) is 25.8. The first kappa shape index (κ1) is 31.1. The van der Waals surface area contributed by atoms with Crippen LogP contribution in [0.5, 0.6) is 17.2 Å². The number of phenols is 1. The number of likely N-dealkylation sites (tertiary alicyclic amines) is 1. The molecular formula is C35H36N2O9. The number of rotatable bonds is 9. The van der Waals surface area contributed by atoms with E-state index in [2.05, 4.69) is 0 Å². The molecule has 1 saturated carbocycles. The summed E-state index contributed by atoms with van der Waals surface area (Å²) in [6.07, 6.45) is 6.12. The van der Waals surface area contributed by atoms with Crippen molar-refractivity contribution < 1.29 is 43.7 Å². The molecule has 2 heterocycles. The van der Waals surface area contributed by atoms with Gasteiger partial charge in [-0.1, -0.05) is 42.0 Å². The van der Waals surface area contributed by atoms with E-state index in [9.17, 15) is 29.1 Å². The zero-order valence-corrected chi connectivity index (χ0v) is 25.8. The van der Waals surface area contributed by atoms with Gasteiger partial charge in [0.2, 0.25) is 29.4 Å². The Balaban J connectivity index is 1.43. The van der Waals surface area contributed by atoms with Crippen LogP contribution in [0.3, 0.4) is 0 Å². The lowest BCUT2D eigenvalue weighted by molar-refractivity contribution is -0.142. The van der Waals surface area contributed by atoms with Crippen LogP contribution in [0.4, 0.5) is 5.69 Å². The van der Waals surface area contributed by atoms with Crippen LogP contribution in [0, 0.1) is 35.0 Å². The van der Waals surface area contributed by atoms with Crippen molar-refractivity contribution >= 4 is 41.4 Å². The fourth-order valence-corrected chi connectivity index (χ4v) is 7.93. The number of amides is 4. The van der Waals surface area contributed by atoms with Crippen LogP contribution >= 0.6 is 0 Å². The Bertz CT molecular complexity index is 1660. The van der Waals surface area contributed by atoms with E-state index in [1.165, 1.54) is 24.0 Å². The van der Waals surface area contributed by atoms with Crippen LogP contribution in [0.15, 0.2) is 60.2 Å². The van der Waals surface area contributed by atoms with Gasteiger partial charge in [0.15, 0.2) is 11.5 Å². The lowest BCUT2D eigenvalue weighted by atomic mass is 9.52. The SMILES string of the molecule is COc1cc(C=CC2C3=CCC4C(=O)N(CCCC(=O)O)C(=O)C4C3CC3C(=O)N(c4ccccc4)C(=O)C23C)cc(OC)c1O. The number of aromatic hydroxyl groups is 1. The molecule has 2 aromatic rings. The lowest BCUT2D eigenvalue weighted by Crippen LogP contribution is -2.49. The van der Waals surface area contributed by atoms with Crippen molar-refractivity contribution in [2.45, 2.75) is 32.6 Å². The number of nitrogens with zero attached hydrogens (tertiary/aromatic N) is 2. The predicted octanol–water partition coefficient (Wildman–Crippen LogP) is 4.05. The van der Waals surface area contributed by atoms with Crippen molar-refractivity contribution in [2.24, 2.45) is 35.0 Å². The molecule has 0 radical (unpaired) electrons. The molecule has 2 aromatic carbocycles. The Morgan fingerprint density at radius 3 is 2.30 bits per heavy atom. The van der Waals surface area contributed by atoms with Gasteiger partial charge >= 0.3 is 5.97 Å². The number of ether oxygens (including phenoxy) is 2. The molecule has 0 spiro atoms. The third kappa shape index (κ3) is 4.76. The maximum absolute atomic E-state index is 14.4. The molecule has 0 bridgehead atoms. The van der Waals surface area contributed by atoms with Crippen molar-refractivity contribution in [1.29, 1.82) is 0 Å². The number of hydrogen-bond acceptors (Lipinski definition) is 8. The fraction of sp³-hybridized carbons (Fsp3) is 0.400. The summed E-state index contributed by atoms with van der Waals surface area (Å²) in [4.78, 5) is 69.3. The number of carboxylic acid groups (broad SMARTS) is 1. The first-order valence-electron chi connectivity index (χ1n) is 15.4. The summed E-state index contributed by atoms with van der Waals surface area (Å²) in [7, 11) is 2.85. The van der Waals surface area contributed by atoms with Gasteiger partial charge in [0.05, 0.1) is 43.1 Å². The second kappa shape index (κ2) is 11.8. The van der Waals surface area contributed by atoms with Gasteiger partial charge in [0, 0.05) is 18.9 Å². The third-order valence-electron chi connectivity index (χ3n) is 10.2. The highest BCUT2D eigenvalue weighted by Crippen LogP contribution is 2.61. The summed E-state index contributed by atoms with van der Waals surface area (Å²) in [5.41, 5.74) is 0.738. The van der Waals surface area contributed by atoms with E-state index >= 15 is 0 Å². The van der Waals surface area contributed by atoms with E-state index in [0.29, 0.717) is 17.7 Å². The number of methoxy groups -OCH3 is 2. The predicted molar refractivity (Wildman–Crippen MR) is 166 cm³/mol. The molecule has 6 unspecified atom stereocenters. The zero-order chi connectivity index (χ0) is 32.9. The quantitative estimate of drug-likeness (QED) is 0.310. The molecule has 11 nitrogen and oxygen atoms in total. The van der Waals surface area contributed by atoms with E-state index in [1.807, 2.05) is 12.2 Å². The van der Waals surface area contributed by atoms with Crippen LogP contribution in [0.1, 0.15) is 38.2 Å². The summed E-state index contributed by atoms with van der Waals surface area (Å²) in [5.74, 6) is -5.26. The fourth-order valence-electron chi connectivity index (χ4n) is 7.93. The maximum atomic E-state index is 14.4. The number of anilines is 1. The van der Waals surface area contributed by atoms with Crippen molar-refractivity contribution in [1.82, 2.24) is 4.90 Å². The minimum atomic E-state index is -1.18. The Morgan fingerprint density at radius 2 is 1.67 bits per heavy atom. The summed E-state index contributed by atoms with van der Waals surface area (Å²) < 4.78 is 10.6. The molecule has 11 heteroatoms. The number of carbonyl (C=O) groups is 5. The van der Waals surface area contributed by atoms with Crippen molar-refractivity contribution in [3.8, 4) is 17.2 Å². The van der Waals surface area contributed by atoms with Gasteiger partial charge in [-0.3, -0.25) is 28.9 Å². The van der Waals surface area contributed by atoms with Crippen LogP contribution in [0.25, 0.3) is 6.08 Å². The number of benzene rings is 2. The molecule has 2 saturated heterocycles. The summed E-state index contributed by atoms with van der Waals surface area (Å²) in [5, 5.41) is 19.5. The van der Waals surface area contributed by atoms with E-state index in [4.69, 9.17) is 14.6 Å². The monoisotopic (exact) mass is 628 g/mol. The molecule has 2 N–H and O–H groups in total. The average molecular weight is 629 g/mol. The van der Waals surface area contributed by atoms with Crippen LogP contribution in [0.2, 0.25) is 0 Å². The largest absolute Gasteiger partial charge is 0.502 e. The number of carbonyl (C=O) groups excluding carboxylic acids is 4. The normalized spacial score (nSPS) is 28.7. The molecule has 4 amide bonds. The number of aliphatic carboxylic acids is 1. The Morgan fingerprint density at radius 1 is 1.00 bits per heavy atom. The number of imide groups is 2. The molecule has 240 valence electrons. The topological polar surface area (TPSA) is 151 Å². The molecule has 46 heavy (non-hydrogen) atoms. The molecule has 2 aliphatic carbocycles. The molecule has 2 aliphatic heterocycles. The first-order valence-corrected chi connectivity index (χ1v) is 15.4. The van der Waals surface area contributed by atoms with E-state index in [1.54, 1.807) is 55.5 Å². The van der Waals surface area contributed by atoms with Gasteiger partial charge in [0.25, 0.3) is 0 Å². The van der Waals surface area contributed by atoms with E-state index in [-0.39, 0.29) is 66.7 Å². The van der Waals surface area contributed by atoms with E-state index in [0.717, 1.165) is 5.57 Å². The lowest BCUT2D eigenvalue weighted by Gasteiger charge is -2.47. The number of carboxylic acids is 1. The Hall–Kier alpha value is -4.93. The smallest absolute Gasteiger partial charge is 0.303 e. The van der Waals surface area contributed by atoms with Gasteiger partial charge in [-0.25, -0.2) is 4.90 Å². The number of para-hydroxylation sites is 1. The van der Waals surface area contributed by atoms with Gasteiger partial charge in [-0.15, -0.1) is 0 Å². The van der Waals surface area contributed by atoms with Gasteiger partial charge in [0.1, 0.15) is 0 Å². The number of fused-ring (bicyclic) bond motifs is 4. The number of hydrogen-bond donors (Lipinski definition) is 2. The first-order chi connectivity index (χ1) is 22.0. The average Bonchev–Trinajstić information content (AvgIpc) is 3.40. The van der Waals surface area contributed by atoms with Crippen LogP contribution < -0.4 is 14.4 Å². The van der Waals surface area contributed by atoms with Gasteiger partial charge < -0.3 is 19.7 Å². The van der Waals surface area contributed by atoms with Crippen LogP contribution in [-0.2, 0) is 24.0 Å². The Labute approximate surface area is 266 Å². The van der Waals surface area contributed by atoms with Crippen LogP contribution in [-0.4, -0.2) is 65.5 Å². The number of allylic oxidation sites excluding steroid dienone is 3. The van der Waals surface area contributed by atoms with Crippen molar-refractivity contribution in [3.63, 3.8) is 0 Å². The van der Waals surface area contributed by atoms with Gasteiger partial charge in [-0.05, 0) is 61.9 Å². The Kier molecular flexibility index (Phi) is 7.95. The molecule has 3 fully saturated rings. The second-order valence-corrected chi connectivity index (χ2v) is 12.5. The van der Waals surface area contributed by atoms with Gasteiger partial charge in [-0.2, -0.15) is 0 Å². The standard InChI is InChI=1S/C35H36N2O9/c1-35-24(14-11-19-16-26(45-2)30(40)27(17-19)46-3)21-12-13-22-29(33(43)36(31(22)41)15-7-10-28(38)39)23(21)18-25(35)32(42)37(34(35)44)20-8-5-4-6-9-20/h4-6,8-9,11-12,14,16-17,22-25,29,40H,7,10,13,15,18H2,1-3H3,(H,38,39). The van der Waals surface area contributed by atoms with E-state index < -0.39 is 41.0 Å². The highest BCUT2D eigenvalue weighted by Gasteiger charge is 2.66. The molecule has 6 atom stereocenters. The van der Waals surface area contributed by atoms with Crippen molar-refractivity contribution in [2.75, 3.05) is 25.7 Å². The minimum absolute atomic E-state index is 0.0210. The summed E-state index contributed by atoms with van der Waals surface area (Å²) in [6.45, 7) is 1.82. The third-order valence-corrected chi connectivity index (χ3v) is 10.2. The number of phenolic OH excluding ortho intramolecular Hbond substituents is 1. The summed E-state index contributed by atoms with van der Waals surface area (Å²) in [6, 6.07) is 12.0. The summed E-state index contributed by atoms with van der Waals surface area (Å²) >= 11 is 0. The highest BCUT2D eigenvalue weighted by molar-refractivity contribution is 6.24. The molecule has 0 aromatic heterocycles.